The minimum absolute atomic E-state index is 0.473. The molecule has 6 nitrogen and oxygen atoms in total. The van der Waals surface area contributed by atoms with Crippen molar-refractivity contribution in [1.29, 1.82) is 0 Å². The number of rotatable bonds is 4. The highest BCUT2D eigenvalue weighted by Gasteiger charge is 2.10. The van der Waals surface area contributed by atoms with Crippen LogP contribution in [0.5, 0.6) is 0 Å². The Morgan fingerprint density at radius 3 is 2.89 bits per heavy atom. The van der Waals surface area contributed by atoms with Gasteiger partial charge in [0, 0.05) is 24.5 Å². The predicted molar refractivity (Wildman–Crippen MR) is 70.1 cm³/mol. The number of aromatic amines is 1. The number of imidazole rings is 1. The first-order chi connectivity index (χ1) is 9.33. The molecule has 19 heavy (non-hydrogen) atoms. The number of nitrogens with one attached hydrogen (secondary N) is 1. The quantitative estimate of drug-likeness (QED) is 0.693. The molecule has 0 bridgehead atoms. The molecule has 0 aliphatic carbocycles. The van der Waals surface area contributed by atoms with Crippen molar-refractivity contribution >= 4 is 5.69 Å². The lowest BCUT2D eigenvalue weighted by molar-refractivity contribution is 0.378. The Morgan fingerprint density at radius 2 is 2.11 bits per heavy atom. The maximum absolute atomic E-state index is 5.89. The fourth-order valence-electron chi connectivity index (χ4n) is 1.84. The van der Waals surface area contributed by atoms with E-state index in [-0.39, 0.29) is 0 Å². The van der Waals surface area contributed by atoms with Crippen molar-refractivity contribution in [2.45, 2.75) is 12.8 Å². The van der Waals surface area contributed by atoms with Crippen LogP contribution in [0.2, 0.25) is 0 Å². The van der Waals surface area contributed by atoms with Crippen LogP contribution >= 0.6 is 0 Å². The molecule has 2 heterocycles. The molecule has 0 saturated carbocycles. The second-order valence-electron chi connectivity index (χ2n) is 4.15. The number of nitrogens with zero attached hydrogens (tertiary/aromatic N) is 3. The van der Waals surface area contributed by atoms with Crippen LogP contribution in [0.4, 0.5) is 5.69 Å². The Hall–Kier alpha value is -2.63. The zero-order chi connectivity index (χ0) is 13.1. The monoisotopic (exact) mass is 255 g/mol. The standard InChI is InChI=1S/C13H13N5O/c14-10-4-2-1-3-9(10)5-6-11-17-13(18-19-11)12-15-7-8-16-12/h1-4,7-8H,5-6,14H2,(H,15,16). The van der Waals surface area contributed by atoms with Gasteiger partial charge in [0.05, 0.1) is 0 Å². The average Bonchev–Trinajstić information content (AvgIpc) is 3.09. The van der Waals surface area contributed by atoms with E-state index in [1.807, 2.05) is 24.3 Å². The molecule has 3 aromatic rings. The van der Waals surface area contributed by atoms with Gasteiger partial charge in [-0.05, 0) is 18.1 Å². The van der Waals surface area contributed by atoms with Crippen molar-refractivity contribution in [3.05, 3.63) is 48.1 Å². The summed E-state index contributed by atoms with van der Waals surface area (Å²) in [6.07, 6.45) is 4.79. The highest BCUT2D eigenvalue weighted by molar-refractivity contribution is 5.46. The summed E-state index contributed by atoms with van der Waals surface area (Å²) in [6, 6.07) is 7.77. The third-order valence-electron chi connectivity index (χ3n) is 2.84. The van der Waals surface area contributed by atoms with E-state index in [4.69, 9.17) is 10.3 Å². The first-order valence-corrected chi connectivity index (χ1v) is 5.98. The van der Waals surface area contributed by atoms with Crippen molar-refractivity contribution in [3.63, 3.8) is 0 Å². The molecule has 0 amide bonds. The SMILES string of the molecule is Nc1ccccc1CCc1nc(-c2ncc[nH]2)no1. The molecule has 0 unspecified atom stereocenters. The van der Waals surface area contributed by atoms with Gasteiger partial charge >= 0.3 is 0 Å². The molecule has 0 fully saturated rings. The van der Waals surface area contributed by atoms with Crippen LogP contribution < -0.4 is 5.73 Å². The molecule has 0 saturated heterocycles. The molecular weight excluding hydrogens is 242 g/mol. The highest BCUT2D eigenvalue weighted by Crippen LogP contribution is 2.15. The summed E-state index contributed by atoms with van der Waals surface area (Å²) in [5, 5.41) is 3.88. The van der Waals surface area contributed by atoms with Gasteiger partial charge in [-0.15, -0.1) is 0 Å². The van der Waals surface area contributed by atoms with E-state index < -0.39 is 0 Å². The molecule has 6 heteroatoms. The summed E-state index contributed by atoms with van der Waals surface area (Å²) in [5.74, 6) is 1.66. The molecule has 3 rings (SSSR count). The lowest BCUT2D eigenvalue weighted by Crippen LogP contribution is -1.97. The van der Waals surface area contributed by atoms with Gasteiger partial charge in [-0.25, -0.2) is 4.98 Å². The minimum Gasteiger partial charge on any atom is -0.399 e. The maximum atomic E-state index is 5.89. The Labute approximate surface area is 109 Å². The second-order valence-corrected chi connectivity index (χ2v) is 4.15. The molecule has 0 radical (unpaired) electrons. The summed E-state index contributed by atoms with van der Waals surface area (Å²) < 4.78 is 5.19. The maximum Gasteiger partial charge on any atom is 0.238 e. The van der Waals surface area contributed by atoms with Crippen LogP contribution in [-0.4, -0.2) is 20.1 Å². The Balaban J connectivity index is 1.70. The predicted octanol–water partition coefficient (Wildman–Crippen LogP) is 1.83. The number of hydrogen-bond donors (Lipinski definition) is 2. The summed E-state index contributed by atoms with van der Waals surface area (Å²) in [5.41, 5.74) is 7.75. The van der Waals surface area contributed by atoms with E-state index in [0.717, 1.165) is 17.7 Å². The van der Waals surface area contributed by atoms with E-state index in [2.05, 4.69) is 20.1 Å². The van der Waals surface area contributed by atoms with Crippen LogP contribution in [-0.2, 0) is 12.8 Å². The topological polar surface area (TPSA) is 93.6 Å². The number of aryl methyl sites for hydroxylation is 2. The molecular formula is C13H13N5O. The summed E-state index contributed by atoms with van der Waals surface area (Å²) >= 11 is 0. The number of benzene rings is 1. The molecule has 96 valence electrons. The van der Waals surface area contributed by atoms with E-state index in [1.165, 1.54) is 0 Å². The number of aromatic nitrogens is 4. The van der Waals surface area contributed by atoms with Gasteiger partial charge in [0.2, 0.25) is 11.7 Å². The van der Waals surface area contributed by atoms with E-state index in [1.54, 1.807) is 12.4 Å². The van der Waals surface area contributed by atoms with Crippen LogP contribution in [0.15, 0.2) is 41.2 Å². The van der Waals surface area contributed by atoms with E-state index >= 15 is 0 Å². The van der Waals surface area contributed by atoms with Crippen LogP contribution in [0.25, 0.3) is 11.6 Å². The number of anilines is 1. The molecule has 0 aliphatic heterocycles. The number of hydrogen-bond acceptors (Lipinski definition) is 5. The lowest BCUT2D eigenvalue weighted by Gasteiger charge is -2.02. The molecule has 1 aromatic carbocycles. The Morgan fingerprint density at radius 1 is 1.21 bits per heavy atom. The van der Waals surface area contributed by atoms with Crippen LogP contribution in [0.3, 0.4) is 0 Å². The third kappa shape index (κ3) is 2.47. The van der Waals surface area contributed by atoms with Gasteiger partial charge in [0.25, 0.3) is 0 Å². The zero-order valence-corrected chi connectivity index (χ0v) is 10.2. The van der Waals surface area contributed by atoms with E-state index in [9.17, 15) is 0 Å². The van der Waals surface area contributed by atoms with Gasteiger partial charge < -0.3 is 15.2 Å². The second kappa shape index (κ2) is 4.93. The smallest absolute Gasteiger partial charge is 0.238 e. The van der Waals surface area contributed by atoms with Crippen molar-refractivity contribution in [2.24, 2.45) is 0 Å². The van der Waals surface area contributed by atoms with Gasteiger partial charge in [0.15, 0.2) is 5.82 Å². The third-order valence-corrected chi connectivity index (χ3v) is 2.84. The van der Waals surface area contributed by atoms with Crippen molar-refractivity contribution < 1.29 is 4.52 Å². The van der Waals surface area contributed by atoms with E-state index in [0.29, 0.717) is 24.0 Å². The van der Waals surface area contributed by atoms with Crippen molar-refractivity contribution in [3.8, 4) is 11.6 Å². The summed E-state index contributed by atoms with van der Waals surface area (Å²) in [6.45, 7) is 0. The number of H-pyrrole nitrogens is 1. The van der Waals surface area contributed by atoms with Gasteiger partial charge in [0.1, 0.15) is 0 Å². The Bertz CT molecular complexity index is 659. The van der Waals surface area contributed by atoms with Crippen molar-refractivity contribution in [2.75, 3.05) is 5.73 Å². The number of nitrogens with two attached hydrogens (primary N) is 1. The van der Waals surface area contributed by atoms with Gasteiger partial charge in [-0.2, -0.15) is 4.98 Å². The van der Waals surface area contributed by atoms with Gasteiger partial charge in [-0.1, -0.05) is 23.4 Å². The largest absolute Gasteiger partial charge is 0.399 e. The first kappa shape index (κ1) is 11.5. The molecule has 0 atom stereocenters. The lowest BCUT2D eigenvalue weighted by atomic mass is 10.1. The fourth-order valence-corrected chi connectivity index (χ4v) is 1.84. The normalized spacial score (nSPS) is 10.7. The molecule has 3 N–H and O–H groups in total. The molecule has 0 aliphatic rings. The zero-order valence-electron chi connectivity index (χ0n) is 10.2. The summed E-state index contributed by atoms with van der Waals surface area (Å²) in [4.78, 5) is 11.3. The molecule has 0 spiro atoms. The van der Waals surface area contributed by atoms with Crippen LogP contribution in [0, 0.1) is 0 Å². The number of nitrogen functional groups attached to an aromatic ring is 1. The highest BCUT2D eigenvalue weighted by atomic mass is 16.5. The van der Waals surface area contributed by atoms with Gasteiger partial charge in [-0.3, -0.25) is 0 Å². The van der Waals surface area contributed by atoms with Crippen molar-refractivity contribution in [1.82, 2.24) is 20.1 Å². The molecule has 2 aromatic heterocycles. The minimum atomic E-state index is 0.473. The average molecular weight is 255 g/mol. The first-order valence-electron chi connectivity index (χ1n) is 5.98. The summed E-state index contributed by atoms with van der Waals surface area (Å²) in [7, 11) is 0. The number of para-hydroxylation sites is 1. The van der Waals surface area contributed by atoms with Crippen LogP contribution in [0.1, 0.15) is 11.5 Å². The Kier molecular flexibility index (Phi) is 2.97. The fraction of sp³-hybridized carbons (Fsp3) is 0.154.